The molecule has 0 spiro atoms. The van der Waals surface area contributed by atoms with Gasteiger partial charge in [-0.05, 0) is 43.7 Å². The summed E-state index contributed by atoms with van der Waals surface area (Å²) in [5.74, 6) is -4.62. The molecule has 0 atom stereocenters. The predicted octanol–water partition coefficient (Wildman–Crippen LogP) is 2.77. The molecule has 0 aromatic heterocycles. The largest absolute Gasteiger partial charge is 0.388 e. The molecule has 2 rings (SSSR count). The van der Waals surface area contributed by atoms with Crippen LogP contribution in [-0.4, -0.2) is 23.2 Å². The molecule has 0 unspecified atom stereocenters. The SMILES string of the molecule is CC1CCC(O)(CNC(=O)c2cc(F)c(F)c(F)c2)CC1. The Hall–Kier alpha value is -1.56. The Kier molecular flexibility index (Phi) is 4.56. The normalized spacial score (nSPS) is 25.7. The number of nitrogens with one attached hydrogen (secondary N) is 1. The predicted molar refractivity (Wildman–Crippen MR) is 71.2 cm³/mol. The highest BCUT2D eigenvalue weighted by atomic mass is 19.2. The van der Waals surface area contributed by atoms with Crippen LogP contribution in [0.2, 0.25) is 0 Å². The zero-order valence-corrected chi connectivity index (χ0v) is 11.8. The Bertz CT molecular complexity index is 517. The van der Waals surface area contributed by atoms with E-state index >= 15 is 0 Å². The molecular formula is C15H18F3NO2. The molecule has 1 fully saturated rings. The minimum absolute atomic E-state index is 0.0131. The molecule has 1 saturated carbocycles. The minimum Gasteiger partial charge on any atom is -0.388 e. The van der Waals surface area contributed by atoms with E-state index in [1.54, 1.807) is 0 Å². The topological polar surface area (TPSA) is 49.3 Å². The van der Waals surface area contributed by atoms with E-state index in [0.717, 1.165) is 12.8 Å². The van der Waals surface area contributed by atoms with E-state index in [0.29, 0.717) is 30.9 Å². The van der Waals surface area contributed by atoms with E-state index in [9.17, 15) is 23.1 Å². The van der Waals surface area contributed by atoms with E-state index < -0.39 is 29.0 Å². The Labute approximate surface area is 121 Å². The molecule has 0 aliphatic heterocycles. The van der Waals surface area contributed by atoms with Gasteiger partial charge in [0.15, 0.2) is 17.5 Å². The summed E-state index contributed by atoms with van der Waals surface area (Å²) < 4.78 is 39.0. The molecule has 3 nitrogen and oxygen atoms in total. The van der Waals surface area contributed by atoms with Crippen molar-refractivity contribution in [2.45, 2.75) is 38.2 Å². The summed E-state index contributed by atoms with van der Waals surface area (Å²) in [5.41, 5.74) is -1.29. The number of halogens is 3. The van der Waals surface area contributed by atoms with Crippen LogP contribution in [0.4, 0.5) is 13.2 Å². The van der Waals surface area contributed by atoms with Crippen LogP contribution in [0.3, 0.4) is 0 Å². The Balaban J connectivity index is 1.99. The van der Waals surface area contributed by atoms with Crippen LogP contribution >= 0.6 is 0 Å². The van der Waals surface area contributed by atoms with E-state index in [-0.39, 0.29) is 12.1 Å². The molecule has 6 heteroatoms. The van der Waals surface area contributed by atoms with Crippen LogP contribution in [0.15, 0.2) is 12.1 Å². The van der Waals surface area contributed by atoms with Crippen molar-refractivity contribution in [1.82, 2.24) is 5.32 Å². The second-order valence-electron chi connectivity index (χ2n) is 5.84. The maximum atomic E-state index is 13.1. The molecule has 1 aliphatic rings. The molecule has 0 bridgehead atoms. The lowest BCUT2D eigenvalue weighted by atomic mass is 9.79. The van der Waals surface area contributed by atoms with Crippen molar-refractivity contribution < 1.29 is 23.1 Å². The van der Waals surface area contributed by atoms with Gasteiger partial charge in [0.1, 0.15) is 0 Å². The number of hydrogen-bond donors (Lipinski definition) is 2. The molecule has 0 heterocycles. The van der Waals surface area contributed by atoms with Crippen LogP contribution in [0.1, 0.15) is 43.0 Å². The molecule has 21 heavy (non-hydrogen) atoms. The smallest absolute Gasteiger partial charge is 0.251 e. The van der Waals surface area contributed by atoms with Crippen molar-refractivity contribution in [1.29, 1.82) is 0 Å². The molecule has 0 radical (unpaired) electrons. The summed E-state index contributed by atoms with van der Waals surface area (Å²) in [6.07, 6.45) is 2.87. The summed E-state index contributed by atoms with van der Waals surface area (Å²) in [7, 11) is 0. The number of carbonyl (C=O) groups is 1. The van der Waals surface area contributed by atoms with Gasteiger partial charge in [0.05, 0.1) is 5.60 Å². The number of aliphatic hydroxyl groups is 1. The highest BCUT2D eigenvalue weighted by molar-refractivity contribution is 5.94. The van der Waals surface area contributed by atoms with Gasteiger partial charge in [-0.3, -0.25) is 4.79 Å². The van der Waals surface area contributed by atoms with Gasteiger partial charge in [-0.2, -0.15) is 0 Å². The zero-order chi connectivity index (χ0) is 15.6. The van der Waals surface area contributed by atoms with Crippen molar-refractivity contribution in [3.8, 4) is 0 Å². The second-order valence-corrected chi connectivity index (χ2v) is 5.84. The highest BCUT2D eigenvalue weighted by Crippen LogP contribution is 2.31. The van der Waals surface area contributed by atoms with Gasteiger partial charge < -0.3 is 10.4 Å². The van der Waals surface area contributed by atoms with E-state index in [1.165, 1.54) is 0 Å². The van der Waals surface area contributed by atoms with Crippen LogP contribution in [0, 0.1) is 23.4 Å². The standard InChI is InChI=1S/C15H18F3NO2/c1-9-2-4-15(21,5-3-9)8-19-14(20)10-6-11(16)13(18)12(17)7-10/h6-7,9,21H,2-5,8H2,1H3,(H,19,20). The Morgan fingerprint density at radius 3 is 2.33 bits per heavy atom. The highest BCUT2D eigenvalue weighted by Gasteiger charge is 2.32. The first-order valence-corrected chi connectivity index (χ1v) is 6.96. The molecule has 1 aromatic rings. The molecule has 1 aromatic carbocycles. The van der Waals surface area contributed by atoms with Gasteiger partial charge in [0.2, 0.25) is 0 Å². The molecule has 1 aliphatic carbocycles. The molecular weight excluding hydrogens is 283 g/mol. The summed E-state index contributed by atoms with van der Waals surface area (Å²) in [6, 6.07) is 1.28. The third kappa shape index (κ3) is 3.75. The van der Waals surface area contributed by atoms with E-state index in [4.69, 9.17) is 0 Å². The lowest BCUT2D eigenvalue weighted by Gasteiger charge is -2.34. The molecule has 1 amide bonds. The summed E-state index contributed by atoms with van der Waals surface area (Å²) in [5, 5.41) is 12.8. The van der Waals surface area contributed by atoms with Gasteiger partial charge >= 0.3 is 0 Å². The van der Waals surface area contributed by atoms with Crippen LogP contribution in [-0.2, 0) is 0 Å². The second kappa shape index (κ2) is 6.05. The first-order valence-electron chi connectivity index (χ1n) is 6.96. The lowest BCUT2D eigenvalue weighted by Crippen LogP contribution is -2.45. The van der Waals surface area contributed by atoms with Gasteiger partial charge in [-0.15, -0.1) is 0 Å². The third-order valence-corrected chi connectivity index (χ3v) is 4.03. The lowest BCUT2D eigenvalue weighted by molar-refractivity contribution is -0.00540. The fraction of sp³-hybridized carbons (Fsp3) is 0.533. The Morgan fingerprint density at radius 2 is 1.81 bits per heavy atom. The van der Waals surface area contributed by atoms with Gasteiger partial charge in [0, 0.05) is 12.1 Å². The molecule has 2 N–H and O–H groups in total. The molecule has 116 valence electrons. The quantitative estimate of drug-likeness (QED) is 0.843. The average Bonchev–Trinajstić information content (AvgIpc) is 2.45. The number of amides is 1. The number of rotatable bonds is 3. The first kappa shape index (κ1) is 15.8. The summed E-state index contributed by atoms with van der Waals surface area (Å²) in [6.45, 7) is 2.11. The van der Waals surface area contributed by atoms with Gasteiger partial charge in [0.25, 0.3) is 5.91 Å². The fourth-order valence-electron chi connectivity index (χ4n) is 2.51. The summed E-state index contributed by atoms with van der Waals surface area (Å²) in [4.78, 5) is 11.8. The Morgan fingerprint density at radius 1 is 1.29 bits per heavy atom. The monoisotopic (exact) mass is 301 g/mol. The van der Waals surface area contributed by atoms with Crippen molar-refractivity contribution in [3.63, 3.8) is 0 Å². The van der Waals surface area contributed by atoms with E-state index in [1.807, 2.05) is 0 Å². The molecule has 0 saturated heterocycles. The first-order chi connectivity index (χ1) is 9.81. The fourth-order valence-corrected chi connectivity index (χ4v) is 2.51. The maximum Gasteiger partial charge on any atom is 0.251 e. The van der Waals surface area contributed by atoms with Crippen molar-refractivity contribution in [3.05, 3.63) is 35.1 Å². The van der Waals surface area contributed by atoms with Crippen molar-refractivity contribution in [2.75, 3.05) is 6.54 Å². The van der Waals surface area contributed by atoms with Crippen LogP contribution < -0.4 is 5.32 Å². The van der Waals surface area contributed by atoms with Crippen molar-refractivity contribution >= 4 is 5.91 Å². The van der Waals surface area contributed by atoms with Gasteiger partial charge in [-0.1, -0.05) is 6.92 Å². The van der Waals surface area contributed by atoms with Gasteiger partial charge in [-0.25, -0.2) is 13.2 Å². The van der Waals surface area contributed by atoms with Crippen LogP contribution in [0.5, 0.6) is 0 Å². The van der Waals surface area contributed by atoms with Crippen molar-refractivity contribution in [2.24, 2.45) is 5.92 Å². The van der Waals surface area contributed by atoms with E-state index in [2.05, 4.69) is 12.2 Å². The third-order valence-electron chi connectivity index (χ3n) is 4.03. The van der Waals surface area contributed by atoms with Crippen LogP contribution in [0.25, 0.3) is 0 Å². The maximum absolute atomic E-state index is 13.1. The minimum atomic E-state index is -1.61. The number of hydrogen-bond acceptors (Lipinski definition) is 2. The zero-order valence-electron chi connectivity index (χ0n) is 11.8. The summed E-state index contributed by atoms with van der Waals surface area (Å²) >= 11 is 0. The number of benzene rings is 1. The average molecular weight is 301 g/mol. The number of carbonyl (C=O) groups excluding carboxylic acids is 1.